The number of hydrogen-bond acceptors (Lipinski definition) is 2. The highest BCUT2D eigenvalue weighted by molar-refractivity contribution is 6.30. The Morgan fingerprint density at radius 2 is 2.29 bits per heavy atom. The Morgan fingerprint density at radius 1 is 1.53 bits per heavy atom. The van der Waals surface area contributed by atoms with E-state index < -0.39 is 11.9 Å². The second kappa shape index (κ2) is 4.85. The summed E-state index contributed by atoms with van der Waals surface area (Å²) < 4.78 is 15.3. The zero-order valence-corrected chi connectivity index (χ0v) is 10.0. The summed E-state index contributed by atoms with van der Waals surface area (Å²) in [5.41, 5.74) is 0.195. The van der Waals surface area contributed by atoms with E-state index in [-0.39, 0.29) is 12.0 Å². The molecule has 1 atom stereocenters. The van der Waals surface area contributed by atoms with E-state index in [0.29, 0.717) is 10.8 Å². The molecule has 0 aliphatic carbocycles. The SMILES string of the molecule is Cn1ccnc1CC(O)c1cc(Cl)ccc1F. The average molecular weight is 255 g/mol. The molecule has 0 fully saturated rings. The molecule has 1 aromatic heterocycles. The van der Waals surface area contributed by atoms with Gasteiger partial charge in [0.2, 0.25) is 0 Å². The first-order chi connectivity index (χ1) is 8.08. The lowest BCUT2D eigenvalue weighted by Crippen LogP contribution is -2.08. The molecule has 90 valence electrons. The van der Waals surface area contributed by atoms with Crippen LogP contribution in [-0.4, -0.2) is 14.7 Å². The second-order valence-corrected chi connectivity index (χ2v) is 4.28. The lowest BCUT2D eigenvalue weighted by atomic mass is 10.1. The maximum atomic E-state index is 13.5. The van der Waals surface area contributed by atoms with Crippen molar-refractivity contribution in [2.75, 3.05) is 0 Å². The molecule has 2 aromatic rings. The summed E-state index contributed by atoms with van der Waals surface area (Å²) in [5.74, 6) is 0.230. The Balaban J connectivity index is 2.23. The van der Waals surface area contributed by atoms with Crippen molar-refractivity contribution >= 4 is 11.6 Å². The molecule has 1 aromatic carbocycles. The van der Waals surface area contributed by atoms with Gasteiger partial charge in [-0.15, -0.1) is 0 Å². The number of aromatic nitrogens is 2. The fourth-order valence-electron chi connectivity index (χ4n) is 1.65. The van der Waals surface area contributed by atoms with Crippen molar-refractivity contribution in [3.05, 3.63) is 52.8 Å². The first-order valence-electron chi connectivity index (χ1n) is 5.17. The quantitative estimate of drug-likeness (QED) is 0.914. The maximum absolute atomic E-state index is 13.5. The molecular weight excluding hydrogens is 243 g/mol. The van der Waals surface area contributed by atoms with Gasteiger partial charge in [0.15, 0.2) is 0 Å². The van der Waals surface area contributed by atoms with Gasteiger partial charge in [0.25, 0.3) is 0 Å². The Bertz CT molecular complexity index is 527. The van der Waals surface area contributed by atoms with Crippen molar-refractivity contribution in [3.63, 3.8) is 0 Å². The maximum Gasteiger partial charge on any atom is 0.129 e. The smallest absolute Gasteiger partial charge is 0.129 e. The third-order valence-corrected chi connectivity index (χ3v) is 2.85. The molecule has 0 radical (unpaired) electrons. The van der Waals surface area contributed by atoms with Crippen LogP contribution in [0, 0.1) is 5.82 Å². The number of imidazole rings is 1. The zero-order valence-electron chi connectivity index (χ0n) is 9.27. The van der Waals surface area contributed by atoms with Crippen LogP contribution < -0.4 is 0 Å². The Hall–Kier alpha value is -1.39. The van der Waals surface area contributed by atoms with E-state index in [0.717, 1.165) is 0 Å². The van der Waals surface area contributed by atoms with E-state index in [1.807, 2.05) is 7.05 Å². The van der Waals surface area contributed by atoms with Crippen molar-refractivity contribution in [1.29, 1.82) is 0 Å². The van der Waals surface area contributed by atoms with Gasteiger partial charge in [-0.3, -0.25) is 0 Å². The van der Waals surface area contributed by atoms with Crippen LogP contribution in [0.2, 0.25) is 5.02 Å². The summed E-state index contributed by atoms with van der Waals surface area (Å²) in [6.07, 6.45) is 2.71. The summed E-state index contributed by atoms with van der Waals surface area (Å²) in [5, 5.41) is 10.4. The van der Waals surface area contributed by atoms with E-state index in [9.17, 15) is 9.50 Å². The molecule has 0 amide bonds. The molecule has 1 unspecified atom stereocenters. The van der Waals surface area contributed by atoms with Gasteiger partial charge in [-0.1, -0.05) is 11.6 Å². The predicted octanol–water partition coefficient (Wildman–Crippen LogP) is 2.49. The fourth-order valence-corrected chi connectivity index (χ4v) is 1.83. The number of halogens is 2. The van der Waals surface area contributed by atoms with Gasteiger partial charge in [-0.2, -0.15) is 0 Å². The van der Waals surface area contributed by atoms with Gasteiger partial charge >= 0.3 is 0 Å². The molecule has 5 heteroatoms. The number of aliphatic hydroxyl groups is 1. The summed E-state index contributed by atoms with van der Waals surface area (Å²) in [4.78, 5) is 4.08. The standard InChI is InChI=1S/C12H12ClFN2O/c1-16-5-4-15-12(16)7-11(17)9-6-8(13)2-3-10(9)14/h2-6,11,17H,7H2,1H3. The van der Waals surface area contributed by atoms with Crippen LogP contribution >= 0.6 is 11.6 Å². The topological polar surface area (TPSA) is 38.0 Å². The normalized spacial score (nSPS) is 12.7. The largest absolute Gasteiger partial charge is 0.388 e. The van der Waals surface area contributed by atoms with E-state index >= 15 is 0 Å². The molecule has 17 heavy (non-hydrogen) atoms. The Morgan fingerprint density at radius 3 is 2.94 bits per heavy atom. The second-order valence-electron chi connectivity index (χ2n) is 3.84. The third kappa shape index (κ3) is 2.65. The van der Waals surface area contributed by atoms with Crippen molar-refractivity contribution in [3.8, 4) is 0 Å². The van der Waals surface area contributed by atoms with Crippen molar-refractivity contribution < 1.29 is 9.50 Å². The number of benzene rings is 1. The minimum atomic E-state index is -0.949. The predicted molar refractivity (Wildman–Crippen MR) is 63.3 cm³/mol. The fraction of sp³-hybridized carbons (Fsp3) is 0.250. The molecule has 1 heterocycles. The summed E-state index contributed by atoms with van der Waals surface area (Å²) in [6.45, 7) is 0. The lowest BCUT2D eigenvalue weighted by Gasteiger charge is -2.12. The highest BCUT2D eigenvalue weighted by Gasteiger charge is 2.15. The molecule has 0 saturated carbocycles. The molecule has 3 nitrogen and oxygen atoms in total. The Labute approximate surface area is 103 Å². The minimum Gasteiger partial charge on any atom is -0.388 e. The van der Waals surface area contributed by atoms with E-state index in [1.165, 1.54) is 18.2 Å². The number of nitrogens with zero attached hydrogens (tertiary/aromatic N) is 2. The highest BCUT2D eigenvalue weighted by atomic mass is 35.5. The van der Waals surface area contributed by atoms with Gasteiger partial charge in [0, 0.05) is 36.4 Å². The first kappa shape index (κ1) is 12.1. The monoisotopic (exact) mass is 254 g/mol. The molecule has 0 aliphatic heterocycles. The van der Waals surface area contributed by atoms with Crippen LogP contribution in [0.15, 0.2) is 30.6 Å². The summed E-state index contributed by atoms with van der Waals surface area (Å²) in [7, 11) is 1.82. The molecule has 2 rings (SSSR count). The molecule has 1 N–H and O–H groups in total. The van der Waals surface area contributed by atoms with Gasteiger partial charge in [-0.25, -0.2) is 9.37 Å². The van der Waals surface area contributed by atoms with Crippen LogP contribution in [0.25, 0.3) is 0 Å². The van der Waals surface area contributed by atoms with Gasteiger partial charge < -0.3 is 9.67 Å². The Kier molecular flexibility index (Phi) is 3.45. The number of rotatable bonds is 3. The molecular formula is C12H12ClFN2O. The average Bonchev–Trinajstić information content (AvgIpc) is 2.68. The molecule has 0 aliphatic rings. The minimum absolute atomic E-state index is 0.195. The van der Waals surface area contributed by atoms with Crippen LogP contribution in [0.1, 0.15) is 17.5 Å². The molecule has 0 bridgehead atoms. The first-order valence-corrected chi connectivity index (χ1v) is 5.55. The summed E-state index contributed by atoms with van der Waals surface area (Å²) >= 11 is 5.78. The van der Waals surface area contributed by atoms with Gasteiger partial charge in [-0.05, 0) is 18.2 Å². The van der Waals surface area contributed by atoms with Crippen LogP contribution in [0.5, 0.6) is 0 Å². The van der Waals surface area contributed by atoms with Gasteiger partial charge in [0.1, 0.15) is 11.6 Å². The third-order valence-electron chi connectivity index (χ3n) is 2.61. The highest BCUT2D eigenvalue weighted by Crippen LogP contribution is 2.23. The van der Waals surface area contributed by atoms with Crippen molar-refractivity contribution in [2.45, 2.75) is 12.5 Å². The lowest BCUT2D eigenvalue weighted by molar-refractivity contribution is 0.170. The van der Waals surface area contributed by atoms with E-state index in [1.54, 1.807) is 17.0 Å². The van der Waals surface area contributed by atoms with E-state index in [2.05, 4.69) is 4.98 Å². The number of hydrogen-bond donors (Lipinski definition) is 1. The molecule has 0 spiro atoms. The zero-order chi connectivity index (χ0) is 12.4. The van der Waals surface area contributed by atoms with Gasteiger partial charge in [0.05, 0.1) is 6.10 Å². The van der Waals surface area contributed by atoms with Crippen LogP contribution in [-0.2, 0) is 13.5 Å². The van der Waals surface area contributed by atoms with Crippen molar-refractivity contribution in [1.82, 2.24) is 9.55 Å². The summed E-state index contributed by atoms with van der Waals surface area (Å²) in [6, 6.07) is 4.14. The number of aryl methyl sites for hydroxylation is 1. The van der Waals surface area contributed by atoms with Crippen molar-refractivity contribution in [2.24, 2.45) is 7.05 Å². The number of aliphatic hydroxyl groups excluding tert-OH is 1. The van der Waals surface area contributed by atoms with E-state index in [4.69, 9.17) is 11.6 Å². The van der Waals surface area contributed by atoms with Crippen LogP contribution in [0.3, 0.4) is 0 Å². The van der Waals surface area contributed by atoms with Crippen LogP contribution in [0.4, 0.5) is 4.39 Å². The molecule has 0 saturated heterocycles.